The fourth-order valence-electron chi connectivity index (χ4n) is 3.39. The van der Waals surface area contributed by atoms with E-state index in [1.54, 1.807) is 30.7 Å². The molecule has 1 fully saturated rings. The summed E-state index contributed by atoms with van der Waals surface area (Å²) in [5.41, 5.74) is 1.67. The van der Waals surface area contributed by atoms with Crippen molar-refractivity contribution in [3.8, 4) is 5.82 Å². The van der Waals surface area contributed by atoms with E-state index in [0.717, 1.165) is 5.69 Å². The molecule has 1 aliphatic carbocycles. The molecule has 3 aromatic rings. The Labute approximate surface area is 156 Å². The van der Waals surface area contributed by atoms with E-state index in [9.17, 15) is 4.79 Å². The van der Waals surface area contributed by atoms with Crippen molar-refractivity contribution in [2.75, 3.05) is 10.6 Å². The molecular weight excluding hydrogens is 344 g/mol. The second-order valence-electron chi connectivity index (χ2n) is 6.70. The quantitative estimate of drug-likeness (QED) is 0.612. The Bertz CT molecular complexity index is 863. The summed E-state index contributed by atoms with van der Waals surface area (Å²) >= 11 is 0. The molecule has 9 nitrogen and oxygen atoms in total. The standard InChI is InChI=1S/C18H22N8O/c27-18(22-14-7-8-17(19-12-14)26-20-9-10-21-26)23-16-11-15(24-25-16)13-5-3-1-2-4-6-13/h7-13H,1-6H2,(H3,22,23,24,25,27). The average molecular weight is 366 g/mol. The molecule has 0 radical (unpaired) electrons. The summed E-state index contributed by atoms with van der Waals surface area (Å²) < 4.78 is 0. The molecule has 1 aliphatic rings. The Balaban J connectivity index is 1.34. The molecule has 0 aliphatic heterocycles. The molecule has 3 aromatic heterocycles. The third kappa shape index (κ3) is 4.30. The van der Waals surface area contributed by atoms with Crippen LogP contribution < -0.4 is 10.6 Å². The lowest BCUT2D eigenvalue weighted by atomic mass is 9.97. The van der Waals surface area contributed by atoms with Crippen molar-refractivity contribution >= 4 is 17.5 Å². The minimum Gasteiger partial charge on any atom is -0.306 e. The van der Waals surface area contributed by atoms with Gasteiger partial charge in [0.15, 0.2) is 11.6 Å². The first-order chi connectivity index (χ1) is 13.3. The van der Waals surface area contributed by atoms with Crippen molar-refractivity contribution < 1.29 is 4.79 Å². The second kappa shape index (κ2) is 7.98. The zero-order valence-electron chi connectivity index (χ0n) is 14.9. The number of urea groups is 1. The molecule has 27 heavy (non-hydrogen) atoms. The van der Waals surface area contributed by atoms with Crippen LogP contribution in [0.4, 0.5) is 16.3 Å². The molecule has 3 N–H and O–H groups in total. The Hall–Kier alpha value is -3.23. The monoisotopic (exact) mass is 366 g/mol. The van der Waals surface area contributed by atoms with Crippen LogP contribution in [0.25, 0.3) is 5.82 Å². The van der Waals surface area contributed by atoms with E-state index < -0.39 is 0 Å². The average Bonchev–Trinajstić information content (AvgIpc) is 3.29. The van der Waals surface area contributed by atoms with Gasteiger partial charge in [0.05, 0.1) is 24.3 Å². The molecule has 0 bridgehead atoms. The van der Waals surface area contributed by atoms with E-state index in [2.05, 4.69) is 36.0 Å². The predicted octanol–water partition coefficient (Wildman–Crippen LogP) is 3.47. The number of hydrogen-bond donors (Lipinski definition) is 3. The summed E-state index contributed by atoms with van der Waals surface area (Å²) in [6.45, 7) is 0. The minimum absolute atomic E-state index is 0.360. The highest BCUT2D eigenvalue weighted by Gasteiger charge is 2.17. The molecule has 1 saturated carbocycles. The molecule has 9 heteroatoms. The number of carbonyl (C=O) groups is 1. The lowest BCUT2D eigenvalue weighted by Crippen LogP contribution is -2.19. The van der Waals surface area contributed by atoms with Gasteiger partial charge < -0.3 is 5.32 Å². The van der Waals surface area contributed by atoms with Crippen molar-refractivity contribution in [3.05, 3.63) is 42.5 Å². The minimum atomic E-state index is -0.360. The van der Waals surface area contributed by atoms with E-state index >= 15 is 0 Å². The normalized spacial score (nSPS) is 15.3. The number of carbonyl (C=O) groups excluding carboxylic acids is 1. The number of aromatic amines is 1. The van der Waals surface area contributed by atoms with Gasteiger partial charge in [-0.3, -0.25) is 10.4 Å². The van der Waals surface area contributed by atoms with E-state index in [-0.39, 0.29) is 6.03 Å². The molecule has 4 rings (SSSR count). The smallest absolute Gasteiger partial charge is 0.306 e. The van der Waals surface area contributed by atoms with Gasteiger partial charge in [0.25, 0.3) is 0 Å². The van der Waals surface area contributed by atoms with Gasteiger partial charge >= 0.3 is 6.03 Å². The van der Waals surface area contributed by atoms with Crippen molar-refractivity contribution in [2.24, 2.45) is 0 Å². The first-order valence-electron chi connectivity index (χ1n) is 9.24. The van der Waals surface area contributed by atoms with Gasteiger partial charge in [0, 0.05) is 17.7 Å². The van der Waals surface area contributed by atoms with Gasteiger partial charge in [-0.05, 0) is 25.0 Å². The van der Waals surface area contributed by atoms with E-state index in [1.807, 2.05) is 6.07 Å². The van der Waals surface area contributed by atoms with Gasteiger partial charge in [0.1, 0.15) is 0 Å². The molecule has 2 amide bonds. The van der Waals surface area contributed by atoms with Crippen LogP contribution in [-0.2, 0) is 0 Å². The van der Waals surface area contributed by atoms with Crippen LogP contribution in [0.2, 0.25) is 0 Å². The Morgan fingerprint density at radius 1 is 1.07 bits per heavy atom. The van der Waals surface area contributed by atoms with Crippen LogP contribution in [0.15, 0.2) is 36.8 Å². The molecule has 0 spiro atoms. The van der Waals surface area contributed by atoms with Gasteiger partial charge in [0.2, 0.25) is 0 Å². The van der Waals surface area contributed by atoms with Crippen LogP contribution >= 0.6 is 0 Å². The fraction of sp³-hybridized carbons (Fsp3) is 0.389. The number of nitrogens with zero attached hydrogens (tertiary/aromatic N) is 5. The second-order valence-corrected chi connectivity index (χ2v) is 6.70. The van der Waals surface area contributed by atoms with Gasteiger partial charge in [-0.1, -0.05) is 25.7 Å². The molecule has 3 heterocycles. The summed E-state index contributed by atoms with van der Waals surface area (Å²) in [5.74, 6) is 1.61. The maximum Gasteiger partial charge on any atom is 0.324 e. The SMILES string of the molecule is O=C(Nc1ccc(-n2nccn2)nc1)Nc1cc(C2CCCCCC2)[nH]n1. The summed E-state index contributed by atoms with van der Waals surface area (Å²) in [5, 5.41) is 20.8. The Morgan fingerprint density at radius 3 is 2.56 bits per heavy atom. The van der Waals surface area contributed by atoms with E-state index in [1.165, 1.54) is 43.3 Å². The zero-order chi connectivity index (χ0) is 18.5. The summed E-state index contributed by atoms with van der Waals surface area (Å²) in [4.78, 5) is 17.8. The zero-order valence-corrected chi connectivity index (χ0v) is 14.9. The number of pyridine rings is 1. The number of amides is 2. The van der Waals surface area contributed by atoms with Crippen molar-refractivity contribution in [1.29, 1.82) is 0 Å². The van der Waals surface area contributed by atoms with Gasteiger partial charge in [-0.15, -0.1) is 4.80 Å². The molecule has 0 unspecified atom stereocenters. The molecule has 0 saturated heterocycles. The van der Waals surface area contributed by atoms with E-state index in [0.29, 0.717) is 23.2 Å². The van der Waals surface area contributed by atoms with Crippen molar-refractivity contribution in [1.82, 2.24) is 30.2 Å². The van der Waals surface area contributed by atoms with Crippen LogP contribution in [0.5, 0.6) is 0 Å². The summed E-state index contributed by atoms with van der Waals surface area (Å²) in [6, 6.07) is 5.04. The topological polar surface area (TPSA) is 113 Å². The lowest BCUT2D eigenvalue weighted by Gasteiger charge is -2.10. The number of aromatic nitrogens is 6. The molecule has 0 aromatic carbocycles. The first-order valence-corrected chi connectivity index (χ1v) is 9.24. The third-order valence-electron chi connectivity index (χ3n) is 4.76. The molecule has 0 atom stereocenters. The number of rotatable bonds is 4. The van der Waals surface area contributed by atoms with Gasteiger partial charge in [-0.25, -0.2) is 9.78 Å². The summed E-state index contributed by atoms with van der Waals surface area (Å²) in [6.07, 6.45) is 12.2. The first kappa shape index (κ1) is 17.2. The van der Waals surface area contributed by atoms with Crippen molar-refractivity contribution in [3.63, 3.8) is 0 Å². The van der Waals surface area contributed by atoms with Crippen LogP contribution in [0.3, 0.4) is 0 Å². The fourth-order valence-corrected chi connectivity index (χ4v) is 3.39. The number of H-pyrrole nitrogens is 1. The molecular formula is C18H22N8O. The van der Waals surface area contributed by atoms with Gasteiger partial charge in [-0.2, -0.15) is 15.3 Å². The Kier molecular flexibility index (Phi) is 5.08. The largest absolute Gasteiger partial charge is 0.324 e. The Morgan fingerprint density at radius 2 is 1.85 bits per heavy atom. The highest BCUT2D eigenvalue weighted by molar-refractivity contribution is 5.99. The predicted molar refractivity (Wildman–Crippen MR) is 101 cm³/mol. The maximum atomic E-state index is 12.2. The summed E-state index contributed by atoms with van der Waals surface area (Å²) in [7, 11) is 0. The third-order valence-corrected chi connectivity index (χ3v) is 4.76. The highest BCUT2D eigenvalue weighted by atomic mass is 16.2. The number of anilines is 2. The highest BCUT2D eigenvalue weighted by Crippen LogP contribution is 2.31. The maximum absolute atomic E-state index is 12.2. The van der Waals surface area contributed by atoms with E-state index in [4.69, 9.17) is 0 Å². The van der Waals surface area contributed by atoms with Crippen molar-refractivity contribution in [2.45, 2.75) is 44.4 Å². The number of nitrogens with one attached hydrogen (secondary N) is 3. The number of hydrogen-bond acceptors (Lipinski definition) is 5. The van der Waals surface area contributed by atoms with Crippen LogP contribution in [0, 0.1) is 0 Å². The molecule has 140 valence electrons. The van der Waals surface area contributed by atoms with Crippen LogP contribution in [0.1, 0.15) is 50.1 Å². The lowest BCUT2D eigenvalue weighted by molar-refractivity contribution is 0.262. The van der Waals surface area contributed by atoms with Crippen LogP contribution in [-0.4, -0.2) is 36.2 Å².